The van der Waals surface area contributed by atoms with Crippen LogP contribution in [0.15, 0.2) is 65.6 Å². The van der Waals surface area contributed by atoms with Gasteiger partial charge in [0.15, 0.2) is 0 Å². The summed E-state index contributed by atoms with van der Waals surface area (Å²) in [6, 6.07) is 19.1. The second-order valence-electron chi connectivity index (χ2n) is 6.82. The summed E-state index contributed by atoms with van der Waals surface area (Å²) >= 11 is 6.33. The summed E-state index contributed by atoms with van der Waals surface area (Å²) in [5.41, 5.74) is 2.34. The Morgan fingerprint density at radius 3 is 2.26 bits per heavy atom. The quantitative estimate of drug-likeness (QED) is 0.657. The molecule has 140 valence electrons. The minimum Gasteiger partial charge on any atom is -0.369 e. The number of hydrogen-bond acceptors (Lipinski definition) is 3. The van der Waals surface area contributed by atoms with E-state index in [2.05, 4.69) is 30.0 Å². The van der Waals surface area contributed by atoms with Gasteiger partial charge in [-0.05, 0) is 42.1 Å². The third-order valence-corrected chi connectivity index (χ3v) is 7.29. The van der Waals surface area contributed by atoms with Crippen LogP contribution in [-0.2, 0) is 10.0 Å². The standard InChI is InChI=1S/C21H21ClN2O2S/c1-16-5-2-8-18(15-16)23-11-13-24(14-12-23)27(25,26)20-10-4-7-17-6-3-9-19(22)21(17)20/h2-10,15H,11-14H2,1H3. The second-order valence-corrected chi connectivity index (χ2v) is 9.14. The first-order valence-electron chi connectivity index (χ1n) is 8.96. The van der Waals surface area contributed by atoms with Crippen LogP contribution in [0.25, 0.3) is 10.8 Å². The zero-order chi connectivity index (χ0) is 19.0. The van der Waals surface area contributed by atoms with Crippen molar-refractivity contribution in [2.24, 2.45) is 0 Å². The first kappa shape index (κ1) is 18.3. The Kier molecular flexibility index (Phi) is 4.84. The summed E-state index contributed by atoms with van der Waals surface area (Å²) in [6.45, 7) is 4.31. The van der Waals surface area contributed by atoms with Gasteiger partial charge in [0.05, 0.1) is 4.90 Å². The molecule has 0 saturated carbocycles. The van der Waals surface area contributed by atoms with E-state index in [0.717, 1.165) is 11.1 Å². The maximum Gasteiger partial charge on any atom is 0.243 e. The molecular formula is C21H21ClN2O2S. The van der Waals surface area contributed by atoms with Crippen molar-refractivity contribution in [3.05, 3.63) is 71.2 Å². The van der Waals surface area contributed by atoms with Crippen molar-refractivity contribution in [2.75, 3.05) is 31.1 Å². The van der Waals surface area contributed by atoms with Crippen LogP contribution in [0.2, 0.25) is 5.02 Å². The lowest BCUT2D eigenvalue weighted by atomic mass is 10.1. The fourth-order valence-corrected chi connectivity index (χ4v) is 5.63. The number of halogens is 1. The molecule has 1 fully saturated rings. The Bertz CT molecular complexity index is 1090. The summed E-state index contributed by atoms with van der Waals surface area (Å²) < 4.78 is 28.2. The lowest BCUT2D eigenvalue weighted by Gasteiger charge is -2.35. The van der Waals surface area contributed by atoms with E-state index < -0.39 is 10.0 Å². The molecule has 0 amide bonds. The van der Waals surface area contributed by atoms with Crippen molar-refractivity contribution in [1.82, 2.24) is 4.31 Å². The average Bonchev–Trinajstić information content (AvgIpc) is 2.68. The van der Waals surface area contributed by atoms with E-state index in [1.165, 1.54) is 5.56 Å². The summed E-state index contributed by atoms with van der Waals surface area (Å²) in [5, 5.41) is 1.90. The van der Waals surface area contributed by atoms with Crippen molar-refractivity contribution in [3.8, 4) is 0 Å². The van der Waals surface area contributed by atoms with E-state index in [-0.39, 0.29) is 4.90 Å². The molecule has 0 spiro atoms. The summed E-state index contributed by atoms with van der Waals surface area (Å²) in [7, 11) is -3.60. The topological polar surface area (TPSA) is 40.6 Å². The first-order chi connectivity index (χ1) is 13.0. The number of benzene rings is 3. The molecule has 4 nitrogen and oxygen atoms in total. The highest BCUT2D eigenvalue weighted by molar-refractivity contribution is 7.89. The molecule has 0 atom stereocenters. The van der Waals surface area contributed by atoms with Gasteiger partial charge in [0.1, 0.15) is 0 Å². The summed E-state index contributed by atoms with van der Waals surface area (Å²) in [4.78, 5) is 2.52. The predicted molar refractivity (Wildman–Crippen MR) is 111 cm³/mol. The van der Waals surface area contributed by atoms with E-state index in [1.807, 2.05) is 24.3 Å². The molecule has 1 aliphatic rings. The summed E-state index contributed by atoms with van der Waals surface area (Å²) in [5.74, 6) is 0. The van der Waals surface area contributed by atoms with Crippen LogP contribution in [0.3, 0.4) is 0 Å². The molecule has 3 aromatic rings. The van der Waals surface area contributed by atoms with Crippen LogP contribution in [0, 0.1) is 6.92 Å². The molecule has 0 bridgehead atoms. The van der Waals surface area contributed by atoms with Crippen molar-refractivity contribution in [1.29, 1.82) is 0 Å². The molecule has 1 saturated heterocycles. The number of rotatable bonds is 3. The van der Waals surface area contributed by atoms with E-state index in [1.54, 1.807) is 22.5 Å². The maximum absolute atomic E-state index is 13.3. The zero-order valence-corrected chi connectivity index (χ0v) is 16.7. The Hall–Kier alpha value is -2.08. The van der Waals surface area contributed by atoms with Gasteiger partial charge in [-0.1, -0.05) is 48.0 Å². The SMILES string of the molecule is Cc1cccc(N2CCN(S(=O)(=O)c3cccc4cccc(Cl)c34)CC2)c1. The normalized spacial score (nSPS) is 16.0. The number of sulfonamides is 1. The van der Waals surface area contributed by atoms with Gasteiger partial charge in [-0.15, -0.1) is 0 Å². The molecule has 4 rings (SSSR count). The largest absolute Gasteiger partial charge is 0.369 e. The Morgan fingerprint density at radius 1 is 0.889 bits per heavy atom. The van der Waals surface area contributed by atoms with Crippen LogP contribution < -0.4 is 4.90 Å². The molecule has 0 N–H and O–H groups in total. The molecule has 0 radical (unpaired) electrons. The van der Waals surface area contributed by atoms with Gasteiger partial charge in [0.2, 0.25) is 10.0 Å². The zero-order valence-electron chi connectivity index (χ0n) is 15.1. The fraction of sp³-hybridized carbons (Fsp3) is 0.238. The highest BCUT2D eigenvalue weighted by Crippen LogP contribution is 2.32. The van der Waals surface area contributed by atoms with Crippen LogP contribution >= 0.6 is 11.6 Å². The molecule has 6 heteroatoms. The molecular weight excluding hydrogens is 380 g/mol. The van der Waals surface area contributed by atoms with Crippen LogP contribution in [0.4, 0.5) is 5.69 Å². The van der Waals surface area contributed by atoms with Gasteiger partial charge in [-0.3, -0.25) is 0 Å². The van der Waals surface area contributed by atoms with Crippen molar-refractivity contribution in [2.45, 2.75) is 11.8 Å². The first-order valence-corrected chi connectivity index (χ1v) is 10.8. The molecule has 3 aromatic carbocycles. The number of aryl methyl sites for hydroxylation is 1. The minimum atomic E-state index is -3.60. The smallest absolute Gasteiger partial charge is 0.243 e. The minimum absolute atomic E-state index is 0.287. The van der Waals surface area contributed by atoms with Gasteiger partial charge in [-0.2, -0.15) is 4.31 Å². The van der Waals surface area contributed by atoms with Crippen molar-refractivity contribution in [3.63, 3.8) is 0 Å². The lowest BCUT2D eigenvalue weighted by Crippen LogP contribution is -2.48. The van der Waals surface area contributed by atoms with E-state index >= 15 is 0 Å². The molecule has 0 aromatic heterocycles. The number of piperazine rings is 1. The van der Waals surface area contributed by atoms with Gasteiger partial charge in [-0.25, -0.2) is 8.42 Å². The maximum atomic E-state index is 13.3. The third kappa shape index (κ3) is 3.43. The molecule has 0 unspecified atom stereocenters. The Morgan fingerprint density at radius 2 is 1.56 bits per heavy atom. The molecule has 27 heavy (non-hydrogen) atoms. The highest BCUT2D eigenvalue weighted by Gasteiger charge is 2.30. The molecule has 0 aliphatic carbocycles. The van der Waals surface area contributed by atoms with E-state index in [0.29, 0.717) is 36.6 Å². The summed E-state index contributed by atoms with van der Waals surface area (Å²) in [6.07, 6.45) is 0. The van der Waals surface area contributed by atoms with Gasteiger partial charge < -0.3 is 4.90 Å². The number of hydrogen-bond donors (Lipinski definition) is 0. The Balaban J connectivity index is 1.62. The predicted octanol–water partition coefficient (Wildman–Crippen LogP) is 4.31. The Labute approximate surface area is 165 Å². The third-order valence-electron chi connectivity index (χ3n) is 5.04. The van der Waals surface area contributed by atoms with Crippen molar-refractivity contribution < 1.29 is 8.42 Å². The second kappa shape index (κ2) is 7.15. The number of anilines is 1. The molecule has 1 aliphatic heterocycles. The fourth-order valence-electron chi connectivity index (χ4n) is 3.63. The van der Waals surface area contributed by atoms with E-state index in [4.69, 9.17) is 11.6 Å². The monoisotopic (exact) mass is 400 g/mol. The number of nitrogens with zero attached hydrogens (tertiary/aromatic N) is 2. The van der Waals surface area contributed by atoms with Gasteiger partial charge in [0, 0.05) is 42.3 Å². The number of fused-ring (bicyclic) bond motifs is 1. The lowest BCUT2D eigenvalue weighted by molar-refractivity contribution is 0.385. The van der Waals surface area contributed by atoms with Crippen LogP contribution in [0.5, 0.6) is 0 Å². The van der Waals surface area contributed by atoms with Crippen LogP contribution in [-0.4, -0.2) is 38.9 Å². The average molecular weight is 401 g/mol. The molecule has 1 heterocycles. The highest BCUT2D eigenvalue weighted by atomic mass is 35.5. The van der Waals surface area contributed by atoms with E-state index in [9.17, 15) is 8.42 Å². The van der Waals surface area contributed by atoms with Crippen LogP contribution in [0.1, 0.15) is 5.56 Å². The van der Waals surface area contributed by atoms with Gasteiger partial charge >= 0.3 is 0 Å². The van der Waals surface area contributed by atoms with Gasteiger partial charge in [0.25, 0.3) is 0 Å². The van der Waals surface area contributed by atoms with Crippen molar-refractivity contribution >= 4 is 38.1 Å².